The molecule has 1 heterocycles. The molecule has 7 nitrogen and oxygen atoms in total. The van der Waals surface area contributed by atoms with Crippen molar-refractivity contribution in [3.05, 3.63) is 23.5 Å². The average molecular weight is 321 g/mol. The van der Waals surface area contributed by atoms with E-state index in [0.29, 0.717) is 29.1 Å². The molecule has 23 heavy (non-hydrogen) atoms. The number of hydrogen-bond donors (Lipinski definition) is 1. The molecule has 0 aliphatic carbocycles. The lowest BCUT2D eigenvalue weighted by atomic mass is 10.1. The Morgan fingerprint density at radius 3 is 2.04 bits per heavy atom. The number of benzene rings is 1. The predicted octanol–water partition coefficient (Wildman–Crippen LogP) is 3.39. The van der Waals surface area contributed by atoms with Crippen LogP contribution in [0.4, 0.5) is 6.01 Å². The van der Waals surface area contributed by atoms with Gasteiger partial charge in [0.2, 0.25) is 5.75 Å². The number of nitrogens with one attached hydrogen (secondary N) is 1. The number of nitrogens with zero attached hydrogens (tertiary/aromatic N) is 2. The van der Waals surface area contributed by atoms with Crippen LogP contribution in [-0.2, 0) is 0 Å². The van der Waals surface area contributed by atoms with Crippen LogP contribution in [0.25, 0.3) is 0 Å². The van der Waals surface area contributed by atoms with Gasteiger partial charge in [-0.05, 0) is 24.6 Å². The lowest BCUT2D eigenvalue weighted by Crippen LogP contribution is -2.08. The van der Waals surface area contributed by atoms with Gasteiger partial charge < -0.3 is 24.1 Å². The van der Waals surface area contributed by atoms with Crippen molar-refractivity contribution in [2.24, 2.45) is 0 Å². The fourth-order valence-electron chi connectivity index (χ4n) is 2.15. The van der Waals surface area contributed by atoms with Crippen molar-refractivity contribution in [2.75, 3.05) is 26.6 Å². The Morgan fingerprint density at radius 1 is 1.00 bits per heavy atom. The summed E-state index contributed by atoms with van der Waals surface area (Å²) in [5.74, 6) is 2.65. The molecule has 0 saturated carbocycles. The highest BCUT2D eigenvalue weighted by Gasteiger charge is 2.18. The van der Waals surface area contributed by atoms with Gasteiger partial charge in [0.1, 0.15) is 0 Å². The molecule has 1 N–H and O–H groups in total. The van der Waals surface area contributed by atoms with E-state index in [1.165, 1.54) is 0 Å². The second-order valence-electron chi connectivity index (χ2n) is 5.44. The van der Waals surface area contributed by atoms with Crippen molar-refractivity contribution in [2.45, 2.75) is 32.7 Å². The van der Waals surface area contributed by atoms with Crippen LogP contribution >= 0.6 is 0 Å². The summed E-state index contributed by atoms with van der Waals surface area (Å²) in [5.41, 5.74) is 0.948. The largest absolute Gasteiger partial charge is 0.493 e. The molecule has 1 unspecified atom stereocenters. The quantitative estimate of drug-likeness (QED) is 0.837. The number of anilines is 1. The Kier molecular flexibility index (Phi) is 5.31. The van der Waals surface area contributed by atoms with Gasteiger partial charge in [0.05, 0.1) is 27.4 Å². The molecule has 0 spiro atoms. The molecule has 0 fully saturated rings. The van der Waals surface area contributed by atoms with E-state index in [-0.39, 0.29) is 12.0 Å². The van der Waals surface area contributed by atoms with Crippen LogP contribution in [-0.4, -0.2) is 31.5 Å². The zero-order valence-corrected chi connectivity index (χ0v) is 14.3. The third kappa shape index (κ3) is 3.67. The summed E-state index contributed by atoms with van der Waals surface area (Å²) < 4.78 is 21.3. The highest BCUT2D eigenvalue weighted by Crippen LogP contribution is 2.40. The summed E-state index contributed by atoms with van der Waals surface area (Å²) in [4.78, 5) is 4.32. The minimum atomic E-state index is -0.0795. The average Bonchev–Trinajstić information content (AvgIpc) is 3.01. The molecule has 0 aliphatic rings. The van der Waals surface area contributed by atoms with Gasteiger partial charge in [-0.1, -0.05) is 19.0 Å². The minimum absolute atomic E-state index is 0.0795. The van der Waals surface area contributed by atoms with E-state index in [1.807, 2.05) is 32.9 Å². The molecule has 1 aromatic heterocycles. The van der Waals surface area contributed by atoms with Gasteiger partial charge in [0.15, 0.2) is 17.3 Å². The molecule has 1 aromatic carbocycles. The first-order valence-electron chi connectivity index (χ1n) is 7.40. The van der Waals surface area contributed by atoms with Gasteiger partial charge in [-0.25, -0.2) is 0 Å². The fourth-order valence-corrected chi connectivity index (χ4v) is 2.15. The SMILES string of the molecule is COc1cc(C(C)Nc2nc(C(C)C)no2)cc(OC)c1OC. The molecule has 0 aliphatic heterocycles. The maximum absolute atomic E-state index is 5.37. The topological polar surface area (TPSA) is 78.6 Å². The Morgan fingerprint density at radius 2 is 1.61 bits per heavy atom. The van der Waals surface area contributed by atoms with E-state index >= 15 is 0 Å². The number of hydrogen-bond acceptors (Lipinski definition) is 7. The molecule has 2 aromatic rings. The fraction of sp³-hybridized carbons (Fsp3) is 0.500. The standard InChI is InChI=1S/C16H23N3O4/c1-9(2)15-18-16(23-19-15)17-10(3)11-7-12(20-4)14(22-6)13(8-11)21-5/h7-10H,1-6H3,(H,17,18,19). The minimum Gasteiger partial charge on any atom is -0.493 e. The van der Waals surface area contributed by atoms with Crippen LogP contribution < -0.4 is 19.5 Å². The Bertz CT molecular complexity index is 630. The number of rotatable bonds is 7. The van der Waals surface area contributed by atoms with Crippen LogP contribution in [0, 0.1) is 0 Å². The maximum atomic E-state index is 5.37. The Balaban J connectivity index is 2.25. The molecule has 0 amide bonds. The maximum Gasteiger partial charge on any atom is 0.321 e. The molecule has 0 bridgehead atoms. The van der Waals surface area contributed by atoms with Crippen LogP contribution in [0.15, 0.2) is 16.7 Å². The van der Waals surface area contributed by atoms with E-state index in [9.17, 15) is 0 Å². The van der Waals surface area contributed by atoms with E-state index in [4.69, 9.17) is 18.7 Å². The summed E-state index contributed by atoms with van der Waals surface area (Å²) in [6, 6.07) is 4.08. The summed E-state index contributed by atoms with van der Waals surface area (Å²) >= 11 is 0. The van der Waals surface area contributed by atoms with Gasteiger partial charge in [0, 0.05) is 5.92 Å². The normalized spacial score (nSPS) is 12.1. The van der Waals surface area contributed by atoms with Crippen molar-refractivity contribution in [1.82, 2.24) is 10.1 Å². The smallest absolute Gasteiger partial charge is 0.321 e. The van der Waals surface area contributed by atoms with Crippen molar-refractivity contribution in [1.29, 1.82) is 0 Å². The molecule has 0 saturated heterocycles. The summed E-state index contributed by atoms with van der Waals surface area (Å²) in [5, 5.41) is 7.12. The van der Waals surface area contributed by atoms with Crippen LogP contribution in [0.2, 0.25) is 0 Å². The second-order valence-corrected chi connectivity index (χ2v) is 5.44. The van der Waals surface area contributed by atoms with Crippen molar-refractivity contribution in [3.8, 4) is 17.2 Å². The zero-order chi connectivity index (χ0) is 17.0. The monoisotopic (exact) mass is 321 g/mol. The van der Waals surface area contributed by atoms with Crippen molar-refractivity contribution >= 4 is 6.01 Å². The van der Waals surface area contributed by atoms with Gasteiger partial charge in [-0.2, -0.15) is 4.98 Å². The van der Waals surface area contributed by atoms with Crippen LogP contribution in [0.3, 0.4) is 0 Å². The lowest BCUT2D eigenvalue weighted by Gasteiger charge is -2.17. The zero-order valence-electron chi connectivity index (χ0n) is 14.3. The summed E-state index contributed by atoms with van der Waals surface area (Å²) in [6.45, 7) is 6.01. The predicted molar refractivity (Wildman–Crippen MR) is 86.5 cm³/mol. The highest BCUT2D eigenvalue weighted by atomic mass is 16.5. The molecule has 2 rings (SSSR count). The van der Waals surface area contributed by atoms with E-state index in [0.717, 1.165) is 5.56 Å². The Labute approximate surface area is 135 Å². The number of methoxy groups -OCH3 is 3. The Hall–Kier alpha value is -2.44. The second kappa shape index (κ2) is 7.21. The first kappa shape index (κ1) is 16.9. The summed E-state index contributed by atoms with van der Waals surface area (Å²) in [7, 11) is 4.76. The van der Waals surface area contributed by atoms with Crippen molar-refractivity contribution < 1.29 is 18.7 Å². The van der Waals surface area contributed by atoms with Gasteiger partial charge in [-0.3, -0.25) is 0 Å². The summed E-state index contributed by atoms with van der Waals surface area (Å²) in [6.07, 6.45) is 0. The van der Waals surface area contributed by atoms with Gasteiger partial charge in [0.25, 0.3) is 0 Å². The van der Waals surface area contributed by atoms with Gasteiger partial charge in [-0.15, -0.1) is 0 Å². The molecule has 7 heteroatoms. The van der Waals surface area contributed by atoms with Crippen LogP contribution in [0.1, 0.15) is 44.1 Å². The lowest BCUT2D eigenvalue weighted by molar-refractivity contribution is 0.323. The number of aromatic nitrogens is 2. The molecule has 1 atom stereocenters. The molecular formula is C16H23N3O4. The van der Waals surface area contributed by atoms with E-state index in [2.05, 4.69) is 15.5 Å². The van der Waals surface area contributed by atoms with Gasteiger partial charge >= 0.3 is 6.01 Å². The van der Waals surface area contributed by atoms with Crippen molar-refractivity contribution in [3.63, 3.8) is 0 Å². The number of ether oxygens (including phenoxy) is 3. The van der Waals surface area contributed by atoms with E-state index in [1.54, 1.807) is 21.3 Å². The molecule has 0 radical (unpaired) electrons. The first-order chi connectivity index (χ1) is 11.0. The molecule has 126 valence electrons. The molecular weight excluding hydrogens is 298 g/mol. The van der Waals surface area contributed by atoms with E-state index < -0.39 is 0 Å². The van der Waals surface area contributed by atoms with Crippen LogP contribution in [0.5, 0.6) is 17.2 Å². The highest BCUT2D eigenvalue weighted by molar-refractivity contribution is 5.55. The third-order valence-corrected chi connectivity index (χ3v) is 3.49. The third-order valence-electron chi connectivity index (χ3n) is 3.49. The first-order valence-corrected chi connectivity index (χ1v) is 7.40.